The van der Waals surface area contributed by atoms with Crippen molar-refractivity contribution in [1.29, 1.82) is 0 Å². The summed E-state index contributed by atoms with van der Waals surface area (Å²) in [7, 11) is 5.36. The summed E-state index contributed by atoms with van der Waals surface area (Å²) in [5.74, 6) is -3.29. The van der Waals surface area contributed by atoms with E-state index in [-0.39, 0.29) is 17.7 Å². The van der Waals surface area contributed by atoms with Crippen LogP contribution in [0.25, 0.3) is 5.76 Å². The van der Waals surface area contributed by atoms with E-state index in [1.54, 1.807) is 31.3 Å². The molecule has 2 aromatic rings. The van der Waals surface area contributed by atoms with Crippen LogP contribution in [0, 0.1) is 5.82 Å². The number of Topliss-reactive ketones (excluding diaryl/α,β-unsaturated/α-hetero) is 1. The van der Waals surface area contributed by atoms with Gasteiger partial charge in [-0.05, 0) is 57.4 Å². The number of amides is 2. The molecule has 8 heteroatoms. The second-order valence-electron chi connectivity index (χ2n) is 8.26. The van der Waals surface area contributed by atoms with E-state index in [4.69, 9.17) is 0 Å². The Bertz CT molecular complexity index is 1140. The molecule has 2 heterocycles. The molecular weight excluding hydrogens is 413 g/mol. The van der Waals surface area contributed by atoms with Crippen molar-refractivity contribution in [2.75, 3.05) is 39.1 Å². The summed E-state index contributed by atoms with van der Waals surface area (Å²) in [6.07, 6.45) is 0.525. The molecule has 2 aliphatic rings. The van der Waals surface area contributed by atoms with Crippen molar-refractivity contribution in [3.63, 3.8) is 0 Å². The molecule has 0 aromatic heterocycles. The van der Waals surface area contributed by atoms with Gasteiger partial charge < -0.3 is 19.8 Å². The largest absolute Gasteiger partial charge is 0.507 e. The van der Waals surface area contributed by atoms with E-state index in [9.17, 15) is 23.9 Å². The number of aliphatic hydroxyl groups is 1. The van der Waals surface area contributed by atoms with E-state index in [2.05, 4.69) is 0 Å². The Morgan fingerprint density at radius 1 is 1.06 bits per heavy atom. The third kappa shape index (κ3) is 3.02. The number of benzene rings is 2. The number of para-hydroxylation sites is 1. The van der Waals surface area contributed by atoms with Crippen molar-refractivity contribution in [1.82, 2.24) is 9.80 Å². The molecule has 4 rings (SSSR count). The van der Waals surface area contributed by atoms with Crippen LogP contribution in [0.15, 0.2) is 54.1 Å². The Balaban J connectivity index is 1.98. The number of hydrogen-bond donors (Lipinski definition) is 1. The molecular formula is C24H24FN3O4. The van der Waals surface area contributed by atoms with Gasteiger partial charge in [-0.1, -0.05) is 18.2 Å². The minimum Gasteiger partial charge on any atom is -0.507 e. The first-order valence-electron chi connectivity index (χ1n) is 10.3. The van der Waals surface area contributed by atoms with E-state index in [1.165, 1.54) is 21.9 Å². The van der Waals surface area contributed by atoms with Crippen LogP contribution < -0.4 is 4.90 Å². The van der Waals surface area contributed by atoms with Gasteiger partial charge in [0.15, 0.2) is 5.54 Å². The van der Waals surface area contributed by atoms with E-state index in [0.29, 0.717) is 24.2 Å². The van der Waals surface area contributed by atoms with Crippen LogP contribution in [0.3, 0.4) is 0 Å². The number of ketones is 1. The molecule has 1 N–H and O–H groups in total. The fraction of sp³-hybridized carbons (Fsp3) is 0.292. The highest BCUT2D eigenvalue weighted by Crippen LogP contribution is 2.53. The zero-order chi connectivity index (χ0) is 23.2. The van der Waals surface area contributed by atoms with Crippen molar-refractivity contribution >= 4 is 29.0 Å². The van der Waals surface area contributed by atoms with Crippen LogP contribution in [0.5, 0.6) is 0 Å². The van der Waals surface area contributed by atoms with Gasteiger partial charge in [0.2, 0.25) is 0 Å². The molecule has 1 spiro atoms. The number of carbonyl (C=O) groups excluding carboxylic acids is 3. The van der Waals surface area contributed by atoms with Crippen LogP contribution in [0.2, 0.25) is 0 Å². The van der Waals surface area contributed by atoms with Gasteiger partial charge in [-0.2, -0.15) is 0 Å². The molecule has 1 fully saturated rings. The number of fused-ring (bicyclic) bond motifs is 2. The smallest absolute Gasteiger partial charge is 0.296 e. The average molecular weight is 437 g/mol. The number of anilines is 1. The Morgan fingerprint density at radius 3 is 2.38 bits per heavy atom. The van der Waals surface area contributed by atoms with Gasteiger partial charge in [0.25, 0.3) is 17.6 Å². The first kappa shape index (κ1) is 21.7. The summed E-state index contributed by atoms with van der Waals surface area (Å²) in [4.78, 5) is 44.8. The van der Waals surface area contributed by atoms with Crippen LogP contribution >= 0.6 is 0 Å². The lowest BCUT2D eigenvalue weighted by molar-refractivity contribution is -0.143. The van der Waals surface area contributed by atoms with Gasteiger partial charge in [0.05, 0.1) is 5.57 Å². The first-order chi connectivity index (χ1) is 15.2. The molecule has 1 atom stereocenters. The number of rotatable bonds is 5. The summed E-state index contributed by atoms with van der Waals surface area (Å²) in [6, 6.07) is 11.8. The molecule has 2 aliphatic heterocycles. The Labute approximate surface area is 185 Å². The fourth-order valence-corrected chi connectivity index (χ4v) is 4.57. The first-order valence-corrected chi connectivity index (χ1v) is 10.3. The topological polar surface area (TPSA) is 81.2 Å². The van der Waals surface area contributed by atoms with Crippen molar-refractivity contribution in [3.8, 4) is 0 Å². The summed E-state index contributed by atoms with van der Waals surface area (Å²) in [5.41, 5.74) is -0.899. The molecule has 0 aliphatic carbocycles. The molecule has 0 saturated carbocycles. The second-order valence-corrected chi connectivity index (χ2v) is 8.26. The number of halogens is 1. The third-order valence-corrected chi connectivity index (χ3v) is 6.04. The number of hydrogen-bond acceptors (Lipinski definition) is 5. The molecule has 0 bridgehead atoms. The van der Waals surface area contributed by atoms with E-state index >= 15 is 0 Å². The Morgan fingerprint density at radius 2 is 1.72 bits per heavy atom. The minimum atomic E-state index is -1.77. The number of likely N-dealkylation sites (N-methyl/N-ethyl adjacent to an activating group) is 1. The van der Waals surface area contributed by atoms with Crippen molar-refractivity contribution in [2.24, 2.45) is 0 Å². The van der Waals surface area contributed by atoms with Gasteiger partial charge in [-0.25, -0.2) is 4.39 Å². The maximum atomic E-state index is 13.7. The highest BCUT2D eigenvalue weighted by Gasteiger charge is 2.66. The zero-order valence-corrected chi connectivity index (χ0v) is 18.1. The molecule has 32 heavy (non-hydrogen) atoms. The van der Waals surface area contributed by atoms with Crippen LogP contribution in [-0.4, -0.2) is 66.7 Å². The van der Waals surface area contributed by atoms with Gasteiger partial charge >= 0.3 is 0 Å². The molecule has 166 valence electrons. The molecule has 1 saturated heterocycles. The van der Waals surface area contributed by atoms with E-state index < -0.39 is 34.7 Å². The van der Waals surface area contributed by atoms with Crippen molar-refractivity contribution in [3.05, 3.63) is 71.0 Å². The molecule has 2 aromatic carbocycles. The summed E-state index contributed by atoms with van der Waals surface area (Å²) in [6.45, 7) is 0.791. The number of aliphatic hydroxyl groups excluding tert-OH is 1. The lowest BCUT2D eigenvalue weighted by Gasteiger charge is -2.34. The summed E-state index contributed by atoms with van der Waals surface area (Å²) >= 11 is 0. The standard InChI is InChI=1S/C24H24FN3O4/c1-26(2)13-6-14-28-22(31)21(30)19(20(29)15-9-11-16(25)12-10-15)24(28)17-7-4-5-8-18(17)27(3)23(24)32/h4-5,7-12,29H,6,13-14H2,1-3H3/b20-19-. The second kappa shape index (κ2) is 7.87. The Hall–Kier alpha value is -3.52. The number of nitrogens with zero attached hydrogens (tertiary/aromatic N) is 3. The van der Waals surface area contributed by atoms with Gasteiger partial charge in [-0.3, -0.25) is 14.4 Å². The van der Waals surface area contributed by atoms with Crippen LogP contribution in [-0.2, 0) is 19.9 Å². The minimum absolute atomic E-state index is 0.150. The predicted molar refractivity (Wildman–Crippen MR) is 117 cm³/mol. The normalized spacial score (nSPS) is 21.8. The monoisotopic (exact) mass is 437 g/mol. The summed E-state index contributed by atoms with van der Waals surface area (Å²) in [5, 5.41) is 11.2. The maximum Gasteiger partial charge on any atom is 0.296 e. The third-order valence-electron chi connectivity index (χ3n) is 6.04. The van der Waals surface area contributed by atoms with Crippen LogP contribution in [0.4, 0.5) is 10.1 Å². The maximum absolute atomic E-state index is 13.7. The quantitative estimate of drug-likeness (QED) is 0.441. The predicted octanol–water partition coefficient (Wildman–Crippen LogP) is 2.33. The fourth-order valence-electron chi connectivity index (χ4n) is 4.57. The molecule has 1 unspecified atom stereocenters. The van der Waals surface area contributed by atoms with Gasteiger partial charge in [-0.15, -0.1) is 0 Å². The molecule has 0 radical (unpaired) electrons. The highest BCUT2D eigenvalue weighted by atomic mass is 19.1. The van der Waals surface area contributed by atoms with Gasteiger partial charge in [0.1, 0.15) is 11.6 Å². The number of likely N-dealkylation sites (tertiary alicyclic amines) is 1. The SMILES string of the molecule is CN(C)CCCN1C(=O)C(=O)/C(=C(/O)c2ccc(F)cc2)C12C(=O)N(C)c1ccccc12. The van der Waals surface area contributed by atoms with Crippen molar-refractivity contribution < 1.29 is 23.9 Å². The number of carbonyl (C=O) groups is 3. The lowest BCUT2D eigenvalue weighted by atomic mass is 9.82. The van der Waals surface area contributed by atoms with Gasteiger partial charge in [0, 0.05) is 30.4 Å². The Kier molecular flexibility index (Phi) is 5.34. The average Bonchev–Trinajstić information content (AvgIpc) is 3.13. The van der Waals surface area contributed by atoms with E-state index in [0.717, 1.165) is 12.1 Å². The summed E-state index contributed by atoms with van der Waals surface area (Å²) < 4.78 is 13.4. The highest BCUT2D eigenvalue weighted by molar-refractivity contribution is 6.50. The lowest BCUT2D eigenvalue weighted by Crippen LogP contribution is -2.51. The van der Waals surface area contributed by atoms with Crippen LogP contribution in [0.1, 0.15) is 17.5 Å². The van der Waals surface area contributed by atoms with Crippen molar-refractivity contribution in [2.45, 2.75) is 12.0 Å². The molecule has 7 nitrogen and oxygen atoms in total. The molecule has 2 amide bonds. The van der Waals surface area contributed by atoms with E-state index in [1.807, 2.05) is 19.0 Å². The zero-order valence-electron chi connectivity index (χ0n) is 18.1.